The molecule has 2 fully saturated rings. The lowest BCUT2D eigenvalue weighted by Gasteiger charge is -2.36. The number of piperidine rings is 1. The van der Waals surface area contributed by atoms with Crippen LogP contribution in [-0.2, 0) is 36.9 Å². The molecule has 1 aliphatic carbocycles. The van der Waals surface area contributed by atoms with Crippen molar-refractivity contribution >= 4 is 36.3 Å². The third-order valence-electron chi connectivity index (χ3n) is 10.3. The molecule has 5 rings (SSSR count). The zero-order valence-corrected chi connectivity index (χ0v) is 30.3. The van der Waals surface area contributed by atoms with Gasteiger partial charge in [0.1, 0.15) is 23.1 Å². The number of aryl methyl sites for hydroxylation is 2. The van der Waals surface area contributed by atoms with Gasteiger partial charge in [0.25, 0.3) is 0 Å². The van der Waals surface area contributed by atoms with Gasteiger partial charge in [0.2, 0.25) is 23.6 Å². The van der Waals surface area contributed by atoms with Crippen molar-refractivity contribution in [1.29, 1.82) is 0 Å². The van der Waals surface area contributed by atoms with Gasteiger partial charge in [-0.05, 0) is 92.5 Å². The van der Waals surface area contributed by atoms with Crippen molar-refractivity contribution in [2.24, 2.45) is 11.8 Å². The lowest BCUT2D eigenvalue weighted by Crippen LogP contribution is -2.60. The number of fused-ring (bicyclic) bond motifs is 4. The Morgan fingerprint density at radius 2 is 1.80 bits per heavy atom. The van der Waals surface area contributed by atoms with E-state index in [-0.39, 0.29) is 37.3 Å². The molecule has 1 saturated carbocycles. The Balaban J connectivity index is 1.34. The number of carbonyl (C=O) groups is 4. The number of ether oxygens (including phenoxy) is 2. The number of nitrogens with one attached hydrogen (secondary N) is 3. The van der Waals surface area contributed by atoms with Gasteiger partial charge in [-0.1, -0.05) is 55.7 Å². The molecule has 3 N–H and O–H groups in total. The monoisotopic (exact) mass is 706 g/mol. The molecule has 2 aromatic carbocycles. The minimum Gasteiger partial charge on any atom is -0.494 e. The first kappa shape index (κ1) is 37.7. The van der Waals surface area contributed by atoms with Gasteiger partial charge in [0.15, 0.2) is 0 Å². The predicted octanol–water partition coefficient (Wildman–Crippen LogP) is 4.52. The predicted molar refractivity (Wildman–Crippen MR) is 196 cm³/mol. The fourth-order valence-electron chi connectivity index (χ4n) is 7.20. The summed E-state index contributed by atoms with van der Waals surface area (Å²) >= 11 is 4.68. The Morgan fingerprint density at radius 3 is 2.60 bits per heavy atom. The van der Waals surface area contributed by atoms with Crippen LogP contribution in [0, 0.1) is 18.8 Å². The summed E-state index contributed by atoms with van der Waals surface area (Å²) in [6, 6.07) is 13.4. The maximum atomic E-state index is 14.1. The molecule has 0 aromatic heterocycles. The van der Waals surface area contributed by atoms with Crippen LogP contribution >= 0.6 is 12.6 Å². The molecule has 2 aliphatic heterocycles. The molecule has 0 spiro atoms. The number of nitrogens with zero attached hydrogens (tertiary/aromatic N) is 1. The molecule has 272 valence electrons. The van der Waals surface area contributed by atoms with Gasteiger partial charge in [0, 0.05) is 32.7 Å². The molecule has 1 saturated heterocycles. The first-order valence-corrected chi connectivity index (χ1v) is 19.0. The van der Waals surface area contributed by atoms with Crippen molar-refractivity contribution in [1.82, 2.24) is 20.9 Å². The van der Waals surface area contributed by atoms with Gasteiger partial charge in [-0.3, -0.25) is 19.2 Å². The Bertz CT molecular complexity index is 1430. The molecule has 0 radical (unpaired) electrons. The van der Waals surface area contributed by atoms with Crippen molar-refractivity contribution in [3.05, 3.63) is 65.2 Å². The lowest BCUT2D eigenvalue weighted by atomic mass is 9.90. The first-order chi connectivity index (χ1) is 24.3. The average molecular weight is 707 g/mol. The SMILES string of the molecule is Cc1ccc2cc1CNC(=O)[C@H](CCc1ccccc1)NC(=O)[C@@H](NC(=O)CCOCC1CCCCC1)C(S)C(=O)N1CCCC(CCO2)C1. The van der Waals surface area contributed by atoms with Gasteiger partial charge < -0.3 is 30.3 Å². The van der Waals surface area contributed by atoms with Crippen molar-refractivity contribution in [2.45, 2.75) is 101 Å². The molecular formula is C39H54N4O6S. The second kappa shape index (κ2) is 19.2. The van der Waals surface area contributed by atoms with Crippen molar-refractivity contribution in [3.63, 3.8) is 0 Å². The highest BCUT2D eigenvalue weighted by atomic mass is 32.1. The van der Waals surface area contributed by atoms with E-state index in [9.17, 15) is 19.2 Å². The molecule has 2 unspecified atom stereocenters. The molecule has 4 bridgehead atoms. The zero-order chi connectivity index (χ0) is 35.3. The summed E-state index contributed by atoms with van der Waals surface area (Å²) in [6.45, 7) is 4.66. The van der Waals surface area contributed by atoms with Gasteiger partial charge >= 0.3 is 0 Å². The number of thiol groups is 1. The van der Waals surface area contributed by atoms with E-state index >= 15 is 0 Å². The van der Waals surface area contributed by atoms with E-state index in [0.29, 0.717) is 45.1 Å². The summed E-state index contributed by atoms with van der Waals surface area (Å²) in [5, 5.41) is 7.55. The highest BCUT2D eigenvalue weighted by molar-refractivity contribution is 7.82. The Kier molecular flexibility index (Phi) is 14.4. The number of benzene rings is 2. The minimum absolute atomic E-state index is 0.0489. The van der Waals surface area contributed by atoms with Crippen LogP contribution in [0.5, 0.6) is 5.75 Å². The van der Waals surface area contributed by atoms with E-state index in [1.165, 1.54) is 19.3 Å². The number of hydrogen-bond donors (Lipinski definition) is 4. The normalized spacial score (nSPS) is 24.3. The van der Waals surface area contributed by atoms with Crippen molar-refractivity contribution < 1.29 is 28.7 Å². The average Bonchev–Trinajstić information content (AvgIpc) is 3.14. The molecule has 10 nitrogen and oxygen atoms in total. The summed E-state index contributed by atoms with van der Waals surface area (Å²) in [5.74, 6) is -0.216. The van der Waals surface area contributed by atoms with E-state index in [4.69, 9.17) is 9.47 Å². The molecule has 2 heterocycles. The molecular weight excluding hydrogens is 653 g/mol. The summed E-state index contributed by atoms with van der Waals surface area (Å²) in [5.41, 5.74) is 2.96. The molecule has 50 heavy (non-hydrogen) atoms. The number of rotatable bonds is 9. The number of amides is 4. The van der Waals surface area contributed by atoms with E-state index in [0.717, 1.165) is 54.5 Å². The molecule has 4 amide bonds. The van der Waals surface area contributed by atoms with Crippen LogP contribution in [0.2, 0.25) is 0 Å². The maximum absolute atomic E-state index is 14.1. The molecule has 3 aliphatic rings. The van der Waals surface area contributed by atoms with Crippen molar-refractivity contribution in [3.8, 4) is 5.75 Å². The third kappa shape index (κ3) is 11.2. The largest absolute Gasteiger partial charge is 0.494 e. The van der Waals surface area contributed by atoms with Crippen LogP contribution in [0.3, 0.4) is 0 Å². The van der Waals surface area contributed by atoms with Gasteiger partial charge in [-0.2, -0.15) is 12.6 Å². The van der Waals surface area contributed by atoms with Crippen LogP contribution in [0.1, 0.15) is 80.9 Å². The maximum Gasteiger partial charge on any atom is 0.244 e. The van der Waals surface area contributed by atoms with E-state index in [2.05, 4.69) is 28.6 Å². The summed E-state index contributed by atoms with van der Waals surface area (Å²) < 4.78 is 12.0. The van der Waals surface area contributed by atoms with Gasteiger partial charge in [-0.15, -0.1) is 0 Å². The zero-order valence-electron chi connectivity index (χ0n) is 29.4. The van der Waals surface area contributed by atoms with Crippen LogP contribution in [-0.4, -0.2) is 78.8 Å². The fraction of sp³-hybridized carbons (Fsp3) is 0.590. The topological polar surface area (TPSA) is 126 Å². The van der Waals surface area contributed by atoms with Crippen molar-refractivity contribution in [2.75, 3.05) is 32.9 Å². The number of carbonyl (C=O) groups excluding carboxylic acids is 4. The smallest absolute Gasteiger partial charge is 0.244 e. The minimum atomic E-state index is -1.29. The summed E-state index contributed by atoms with van der Waals surface area (Å²) in [6.07, 6.45) is 9.46. The highest BCUT2D eigenvalue weighted by Gasteiger charge is 2.38. The number of hydrogen-bond acceptors (Lipinski definition) is 7. The lowest BCUT2D eigenvalue weighted by molar-refractivity contribution is -0.137. The van der Waals surface area contributed by atoms with Crippen LogP contribution < -0.4 is 20.7 Å². The summed E-state index contributed by atoms with van der Waals surface area (Å²) in [4.78, 5) is 56.8. The standard InChI is InChI=1S/C39H54N4O6S/c1-27-14-16-32-23-31(27)24-40-37(45)33(17-15-28-9-4-2-5-10-28)41-38(46)35(42-34(44)19-21-48-26-30-11-6-3-7-12-30)36(50)39(47)43-20-8-13-29(25-43)18-22-49-32/h2,4-5,9-10,14,16,23,29-30,33,35-36,50H,3,6-8,11-13,15,17-22,24-26H2,1H3,(H,40,45)(H,41,46)(H,42,44)/t29?,33-,35-,36?/m0/s1. The van der Waals surface area contributed by atoms with E-state index in [1.807, 2.05) is 55.5 Å². The van der Waals surface area contributed by atoms with Crippen LogP contribution in [0.25, 0.3) is 0 Å². The van der Waals surface area contributed by atoms with Gasteiger partial charge in [0.05, 0.1) is 13.2 Å². The first-order valence-electron chi connectivity index (χ1n) is 18.4. The van der Waals surface area contributed by atoms with E-state index < -0.39 is 29.1 Å². The second-order valence-corrected chi connectivity index (χ2v) is 14.7. The summed E-state index contributed by atoms with van der Waals surface area (Å²) in [7, 11) is 0. The third-order valence-corrected chi connectivity index (χ3v) is 10.8. The quantitative estimate of drug-likeness (QED) is 0.225. The molecule has 2 aromatic rings. The van der Waals surface area contributed by atoms with E-state index in [1.54, 1.807) is 4.90 Å². The van der Waals surface area contributed by atoms with Crippen LogP contribution in [0.4, 0.5) is 0 Å². The highest BCUT2D eigenvalue weighted by Crippen LogP contribution is 2.25. The Morgan fingerprint density at radius 1 is 1.00 bits per heavy atom. The van der Waals surface area contributed by atoms with Crippen LogP contribution in [0.15, 0.2) is 48.5 Å². The fourth-order valence-corrected chi connectivity index (χ4v) is 7.57. The molecule has 11 heteroatoms. The second-order valence-electron chi connectivity index (χ2n) is 14.1. The Hall–Kier alpha value is -3.57. The van der Waals surface area contributed by atoms with Gasteiger partial charge in [-0.25, -0.2) is 0 Å². The molecule has 4 atom stereocenters. The Labute approximate surface area is 302 Å².